The molecule has 0 unspecified atom stereocenters. The van der Waals surface area contributed by atoms with Crippen LogP contribution in [0, 0.1) is 0 Å². The van der Waals surface area contributed by atoms with Crippen LogP contribution in [0.3, 0.4) is 0 Å². The molecule has 0 aliphatic carbocycles. The fourth-order valence-electron chi connectivity index (χ4n) is 1.93. The summed E-state index contributed by atoms with van der Waals surface area (Å²) in [5.41, 5.74) is 0.00887. The van der Waals surface area contributed by atoms with E-state index in [2.05, 4.69) is 0 Å². The Morgan fingerprint density at radius 3 is 2.47 bits per heavy atom. The summed E-state index contributed by atoms with van der Waals surface area (Å²) in [6.07, 6.45) is 2.77. The molecule has 0 spiro atoms. The van der Waals surface area contributed by atoms with E-state index in [9.17, 15) is 9.59 Å². The number of carbonyl (C=O) groups is 2. The van der Waals surface area contributed by atoms with Gasteiger partial charge in [0.2, 0.25) is 0 Å². The molecule has 1 amide bonds. The number of carboxylic acid groups (broad SMARTS) is 1. The molecule has 0 saturated carbocycles. The molecular formula is C14H22N2O3. The third-order valence-electron chi connectivity index (χ3n) is 2.86. The molecule has 0 aliphatic rings. The van der Waals surface area contributed by atoms with Gasteiger partial charge in [0, 0.05) is 18.3 Å². The first-order valence-corrected chi connectivity index (χ1v) is 6.46. The van der Waals surface area contributed by atoms with Crippen LogP contribution in [0.1, 0.15) is 44.6 Å². The number of carbonyl (C=O) groups excluding carboxylic acids is 1. The zero-order valence-electron chi connectivity index (χ0n) is 12.0. The molecule has 106 valence electrons. The van der Waals surface area contributed by atoms with E-state index in [1.807, 2.05) is 44.5 Å². The largest absolute Gasteiger partial charge is 0.480 e. The molecule has 0 radical (unpaired) electrons. The molecule has 0 atom stereocenters. The van der Waals surface area contributed by atoms with Crippen molar-refractivity contribution in [2.24, 2.45) is 0 Å². The maximum absolute atomic E-state index is 12.5. The van der Waals surface area contributed by atoms with Crippen molar-refractivity contribution in [1.29, 1.82) is 0 Å². The Bertz CT molecular complexity index is 458. The van der Waals surface area contributed by atoms with Gasteiger partial charge in [-0.2, -0.15) is 0 Å². The highest BCUT2D eigenvalue weighted by molar-refractivity contribution is 5.95. The number of amides is 1. The summed E-state index contributed by atoms with van der Waals surface area (Å²) in [6, 6.07) is 3.54. The summed E-state index contributed by atoms with van der Waals surface area (Å²) >= 11 is 0. The third-order valence-corrected chi connectivity index (χ3v) is 2.86. The van der Waals surface area contributed by atoms with E-state index >= 15 is 0 Å². The van der Waals surface area contributed by atoms with Crippen LogP contribution in [0.2, 0.25) is 0 Å². The lowest BCUT2D eigenvalue weighted by molar-refractivity contribution is -0.138. The maximum atomic E-state index is 12.5. The number of aromatic nitrogens is 1. The Kier molecular flexibility index (Phi) is 4.75. The van der Waals surface area contributed by atoms with Crippen molar-refractivity contribution < 1.29 is 14.7 Å². The minimum atomic E-state index is -1.00. The number of aryl methyl sites for hydroxylation is 1. The second kappa shape index (κ2) is 5.91. The molecule has 0 saturated heterocycles. The zero-order valence-corrected chi connectivity index (χ0v) is 12.0. The number of rotatable bonds is 5. The van der Waals surface area contributed by atoms with Gasteiger partial charge in [-0.05, 0) is 39.3 Å². The fraction of sp³-hybridized carbons (Fsp3) is 0.571. The van der Waals surface area contributed by atoms with Crippen molar-refractivity contribution in [1.82, 2.24) is 9.47 Å². The molecule has 1 rings (SSSR count). The summed E-state index contributed by atoms with van der Waals surface area (Å²) in [5.74, 6) is -1.25. The summed E-state index contributed by atoms with van der Waals surface area (Å²) in [5, 5.41) is 8.97. The summed E-state index contributed by atoms with van der Waals surface area (Å²) in [6.45, 7) is 7.99. The van der Waals surface area contributed by atoms with Crippen LogP contribution in [0.4, 0.5) is 0 Å². The first-order chi connectivity index (χ1) is 8.77. The van der Waals surface area contributed by atoms with Gasteiger partial charge >= 0.3 is 5.97 Å². The molecule has 0 aliphatic heterocycles. The Hall–Kier alpha value is -1.78. The first-order valence-electron chi connectivity index (χ1n) is 6.46. The van der Waals surface area contributed by atoms with Crippen LogP contribution in [-0.4, -0.2) is 38.5 Å². The monoisotopic (exact) mass is 266 g/mol. The van der Waals surface area contributed by atoms with Crippen molar-refractivity contribution >= 4 is 11.9 Å². The lowest BCUT2D eigenvalue weighted by Crippen LogP contribution is -2.48. The second-order valence-electron chi connectivity index (χ2n) is 5.54. The minimum absolute atomic E-state index is 0.242. The number of carboxylic acids is 1. The van der Waals surface area contributed by atoms with Crippen LogP contribution in [0.25, 0.3) is 0 Å². The van der Waals surface area contributed by atoms with E-state index in [0.29, 0.717) is 5.69 Å². The predicted octanol–water partition coefficient (Wildman–Crippen LogP) is 2.22. The van der Waals surface area contributed by atoms with Gasteiger partial charge < -0.3 is 14.6 Å². The van der Waals surface area contributed by atoms with Gasteiger partial charge in [-0.15, -0.1) is 0 Å². The maximum Gasteiger partial charge on any atom is 0.323 e. The normalized spacial score (nSPS) is 11.4. The van der Waals surface area contributed by atoms with E-state index in [-0.39, 0.29) is 12.5 Å². The minimum Gasteiger partial charge on any atom is -0.480 e. The van der Waals surface area contributed by atoms with Crippen molar-refractivity contribution in [3.8, 4) is 0 Å². The SMILES string of the molecule is CCCn1cccc1C(=O)N(CC(=O)O)C(C)(C)C. The van der Waals surface area contributed by atoms with Gasteiger partial charge in [0.15, 0.2) is 0 Å². The quantitative estimate of drug-likeness (QED) is 0.889. The van der Waals surface area contributed by atoms with Gasteiger partial charge in [-0.25, -0.2) is 0 Å². The Balaban J connectivity index is 3.05. The van der Waals surface area contributed by atoms with Crippen LogP contribution in [0.15, 0.2) is 18.3 Å². The van der Waals surface area contributed by atoms with Gasteiger partial charge in [-0.3, -0.25) is 9.59 Å². The van der Waals surface area contributed by atoms with Crippen molar-refractivity contribution in [2.75, 3.05) is 6.54 Å². The highest BCUT2D eigenvalue weighted by Crippen LogP contribution is 2.17. The fourth-order valence-corrected chi connectivity index (χ4v) is 1.93. The van der Waals surface area contributed by atoms with E-state index in [1.54, 1.807) is 6.07 Å². The van der Waals surface area contributed by atoms with Gasteiger partial charge in [0.1, 0.15) is 12.2 Å². The topological polar surface area (TPSA) is 62.5 Å². The lowest BCUT2D eigenvalue weighted by Gasteiger charge is -2.34. The first kappa shape index (κ1) is 15.3. The molecule has 1 N–H and O–H groups in total. The summed E-state index contributed by atoms with van der Waals surface area (Å²) < 4.78 is 1.86. The highest BCUT2D eigenvalue weighted by Gasteiger charge is 2.30. The molecule has 0 bridgehead atoms. The van der Waals surface area contributed by atoms with Crippen molar-refractivity contribution in [2.45, 2.75) is 46.2 Å². The number of hydrogen-bond acceptors (Lipinski definition) is 2. The number of aliphatic carboxylic acids is 1. The van der Waals surface area contributed by atoms with Crippen LogP contribution < -0.4 is 0 Å². The predicted molar refractivity (Wildman–Crippen MR) is 73.1 cm³/mol. The van der Waals surface area contributed by atoms with Crippen LogP contribution in [0.5, 0.6) is 0 Å². The molecule has 1 heterocycles. The molecule has 0 fully saturated rings. The second-order valence-corrected chi connectivity index (χ2v) is 5.54. The standard InChI is InChI=1S/C14H22N2O3/c1-5-8-15-9-6-7-11(15)13(19)16(10-12(17)18)14(2,3)4/h6-7,9H,5,8,10H2,1-4H3,(H,17,18). The Morgan fingerprint density at radius 2 is 2.00 bits per heavy atom. The molecule has 5 nitrogen and oxygen atoms in total. The average molecular weight is 266 g/mol. The van der Waals surface area contributed by atoms with Crippen molar-refractivity contribution in [3.63, 3.8) is 0 Å². The average Bonchev–Trinajstić information content (AvgIpc) is 2.72. The highest BCUT2D eigenvalue weighted by atomic mass is 16.4. The summed E-state index contributed by atoms with van der Waals surface area (Å²) in [4.78, 5) is 24.9. The lowest BCUT2D eigenvalue weighted by atomic mass is 10.1. The van der Waals surface area contributed by atoms with E-state index in [1.165, 1.54) is 4.90 Å². The molecule has 1 aromatic rings. The van der Waals surface area contributed by atoms with Crippen LogP contribution in [-0.2, 0) is 11.3 Å². The van der Waals surface area contributed by atoms with Crippen molar-refractivity contribution in [3.05, 3.63) is 24.0 Å². The van der Waals surface area contributed by atoms with Gasteiger partial charge in [-0.1, -0.05) is 6.92 Å². The smallest absolute Gasteiger partial charge is 0.323 e. The zero-order chi connectivity index (χ0) is 14.6. The molecule has 0 aromatic carbocycles. The Labute approximate surface area is 113 Å². The van der Waals surface area contributed by atoms with Gasteiger partial charge in [0.05, 0.1) is 0 Å². The molecule has 1 aromatic heterocycles. The molecule has 5 heteroatoms. The third kappa shape index (κ3) is 3.84. The van der Waals surface area contributed by atoms with E-state index < -0.39 is 11.5 Å². The van der Waals surface area contributed by atoms with Gasteiger partial charge in [0.25, 0.3) is 5.91 Å². The Morgan fingerprint density at radius 1 is 1.37 bits per heavy atom. The van der Waals surface area contributed by atoms with E-state index in [0.717, 1.165) is 13.0 Å². The number of nitrogens with zero attached hydrogens (tertiary/aromatic N) is 2. The molecule has 19 heavy (non-hydrogen) atoms. The number of hydrogen-bond donors (Lipinski definition) is 1. The van der Waals surface area contributed by atoms with E-state index in [4.69, 9.17) is 5.11 Å². The molecular weight excluding hydrogens is 244 g/mol. The van der Waals surface area contributed by atoms with Crippen LogP contribution >= 0.6 is 0 Å². The summed E-state index contributed by atoms with van der Waals surface area (Å²) in [7, 11) is 0.